The maximum absolute atomic E-state index is 12.2. The summed E-state index contributed by atoms with van der Waals surface area (Å²) in [6, 6.07) is 7.73. The highest BCUT2D eigenvalue weighted by atomic mass is 16.5. The fourth-order valence-corrected chi connectivity index (χ4v) is 3.53. The van der Waals surface area contributed by atoms with Gasteiger partial charge in [-0.15, -0.1) is 0 Å². The van der Waals surface area contributed by atoms with Crippen molar-refractivity contribution in [2.45, 2.75) is 65.2 Å². The van der Waals surface area contributed by atoms with E-state index in [-0.39, 0.29) is 24.1 Å². The molecule has 1 aromatic carbocycles. The molecule has 1 fully saturated rings. The Labute approximate surface area is 160 Å². The van der Waals surface area contributed by atoms with Crippen LogP contribution in [0.1, 0.15) is 50.8 Å². The third kappa shape index (κ3) is 4.69. The minimum atomic E-state index is -0.108. The van der Waals surface area contributed by atoms with Gasteiger partial charge >= 0.3 is 5.97 Å². The van der Waals surface area contributed by atoms with Gasteiger partial charge in [0, 0.05) is 17.7 Å². The molecule has 1 aromatic heterocycles. The Morgan fingerprint density at radius 2 is 2.04 bits per heavy atom. The first-order valence-corrected chi connectivity index (χ1v) is 9.60. The molecule has 0 aliphatic heterocycles. The van der Waals surface area contributed by atoms with E-state index in [1.165, 1.54) is 0 Å². The molecular weight excluding hydrogens is 344 g/mol. The molecule has 1 aliphatic carbocycles. The van der Waals surface area contributed by atoms with Crippen molar-refractivity contribution in [1.82, 2.24) is 5.16 Å². The van der Waals surface area contributed by atoms with Crippen LogP contribution >= 0.6 is 0 Å². The number of aryl methyl sites for hydroxylation is 1. The summed E-state index contributed by atoms with van der Waals surface area (Å²) in [5.74, 6) is 1.31. The van der Waals surface area contributed by atoms with Crippen molar-refractivity contribution in [3.8, 4) is 17.1 Å². The van der Waals surface area contributed by atoms with Crippen LogP contribution in [0.5, 0.6) is 5.75 Å². The molecule has 1 saturated carbocycles. The molecule has 0 bridgehead atoms. The highest BCUT2D eigenvalue weighted by Crippen LogP contribution is 2.31. The minimum absolute atomic E-state index is 0.0291. The lowest BCUT2D eigenvalue weighted by Crippen LogP contribution is -2.31. The number of esters is 1. The van der Waals surface area contributed by atoms with Crippen LogP contribution in [-0.2, 0) is 16.1 Å². The van der Waals surface area contributed by atoms with Crippen LogP contribution in [0.4, 0.5) is 0 Å². The van der Waals surface area contributed by atoms with Gasteiger partial charge in [-0.1, -0.05) is 5.16 Å². The summed E-state index contributed by atoms with van der Waals surface area (Å²) < 4.78 is 16.9. The second-order valence-electron chi connectivity index (χ2n) is 7.39. The zero-order chi connectivity index (χ0) is 19.4. The number of carbonyl (C=O) groups excluding carboxylic acids is 1. The molecule has 1 heterocycles. The smallest absolute Gasteiger partial charge is 0.309 e. The van der Waals surface area contributed by atoms with E-state index in [1.54, 1.807) is 0 Å². The van der Waals surface area contributed by atoms with Crippen molar-refractivity contribution in [2.24, 2.45) is 11.7 Å². The molecule has 0 amide bonds. The highest BCUT2D eigenvalue weighted by molar-refractivity contribution is 5.72. The van der Waals surface area contributed by atoms with Gasteiger partial charge in [-0.2, -0.15) is 0 Å². The van der Waals surface area contributed by atoms with E-state index in [1.807, 2.05) is 45.0 Å². The van der Waals surface area contributed by atoms with Crippen molar-refractivity contribution >= 4 is 5.97 Å². The molecule has 0 saturated heterocycles. The summed E-state index contributed by atoms with van der Waals surface area (Å²) >= 11 is 0. The Balaban J connectivity index is 1.63. The summed E-state index contributed by atoms with van der Waals surface area (Å²) in [7, 11) is 0. The largest absolute Gasteiger partial charge is 0.490 e. The standard InChI is InChI=1S/C21H28N2O4/c1-13(2)25-21(24)16-5-4-6-18(11-16)26-17-9-7-15(8-10-17)20-19(12-22)14(3)23-27-20/h7-10,13,16,18H,4-6,11-12,22H2,1-3H3/t16-,18-/m0/s1. The molecule has 6 heteroatoms. The minimum Gasteiger partial charge on any atom is -0.490 e. The lowest BCUT2D eigenvalue weighted by atomic mass is 9.87. The predicted molar refractivity (Wildman–Crippen MR) is 102 cm³/mol. The number of ether oxygens (including phenoxy) is 2. The average molecular weight is 372 g/mol. The lowest BCUT2D eigenvalue weighted by Gasteiger charge is -2.29. The molecule has 3 rings (SSSR count). The Hall–Kier alpha value is -2.34. The number of hydrogen-bond donors (Lipinski definition) is 1. The van der Waals surface area contributed by atoms with Crippen LogP contribution in [0.3, 0.4) is 0 Å². The second kappa shape index (κ2) is 8.57. The quantitative estimate of drug-likeness (QED) is 0.771. The second-order valence-corrected chi connectivity index (χ2v) is 7.39. The van der Waals surface area contributed by atoms with E-state index < -0.39 is 0 Å². The molecule has 0 spiro atoms. The monoisotopic (exact) mass is 372 g/mol. The van der Waals surface area contributed by atoms with Crippen molar-refractivity contribution in [2.75, 3.05) is 0 Å². The molecule has 0 radical (unpaired) electrons. The van der Waals surface area contributed by atoms with E-state index in [9.17, 15) is 4.79 Å². The Morgan fingerprint density at radius 3 is 2.70 bits per heavy atom. The van der Waals surface area contributed by atoms with Gasteiger partial charge in [0.1, 0.15) is 5.75 Å². The molecular formula is C21H28N2O4. The Morgan fingerprint density at radius 1 is 1.30 bits per heavy atom. The first kappa shape index (κ1) is 19.4. The summed E-state index contributed by atoms with van der Waals surface area (Å²) in [4.78, 5) is 12.2. The summed E-state index contributed by atoms with van der Waals surface area (Å²) in [6.07, 6.45) is 3.44. The molecule has 0 unspecified atom stereocenters. The SMILES string of the molecule is Cc1noc(-c2ccc(O[C@H]3CCC[C@H](C(=O)OC(C)C)C3)cc2)c1CN. The number of rotatable bonds is 6. The van der Waals surface area contributed by atoms with E-state index in [0.717, 1.165) is 41.8 Å². The summed E-state index contributed by atoms with van der Waals surface area (Å²) in [6.45, 7) is 6.03. The topological polar surface area (TPSA) is 87.6 Å². The predicted octanol–water partition coefficient (Wildman–Crippen LogP) is 4.00. The van der Waals surface area contributed by atoms with Crippen molar-refractivity contribution in [3.63, 3.8) is 0 Å². The number of benzene rings is 1. The molecule has 146 valence electrons. The van der Waals surface area contributed by atoms with Gasteiger partial charge in [-0.25, -0.2) is 0 Å². The van der Waals surface area contributed by atoms with Gasteiger partial charge in [0.15, 0.2) is 5.76 Å². The molecule has 27 heavy (non-hydrogen) atoms. The molecule has 2 N–H and O–H groups in total. The van der Waals surface area contributed by atoms with E-state index in [4.69, 9.17) is 19.7 Å². The maximum Gasteiger partial charge on any atom is 0.309 e. The average Bonchev–Trinajstić information content (AvgIpc) is 3.02. The number of nitrogens with zero attached hydrogens (tertiary/aromatic N) is 1. The molecule has 6 nitrogen and oxygen atoms in total. The van der Waals surface area contributed by atoms with Gasteiger partial charge in [-0.3, -0.25) is 4.79 Å². The van der Waals surface area contributed by atoms with Gasteiger partial charge in [0.2, 0.25) is 0 Å². The van der Waals surface area contributed by atoms with Crippen molar-refractivity contribution in [1.29, 1.82) is 0 Å². The van der Waals surface area contributed by atoms with Gasteiger partial charge in [0.25, 0.3) is 0 Å². The maximum atomic E-state index is 12.2. The molecule has 1 aliphatic rings. The normalized spacial score (nSPS) is 19.9. The highest BCUT2D eigenvalue weighted by Gasteiger charge is 2.30. The van der Waals surface area contributed by atoms with Crippen molar-refractivity contribution in [3.05, 3.63) is 35.5 Å². The van der Waals surface area contributed by atoms with Crippen molar-refractivity contribution < 1.29 is 18.8 Å². The lowest BCUT2D eigenvalue weighted by molar-refractivity contribution is -0.154. The van der Waals surface area contributed by atoms with Crippen LogP contribution < -0.4 is 10.5 Å². The van der Waals surface area contributed by atoms with E-state index >= 15 is 0 Å². The first-order valence-electron chi connectivity index (χ1n) is 9.60. The third-order valence-electron chi connectivity index (χ3n) is 4.92. The van der Waals surface area contributed by atoms with Gasteiger partial charge in [-0.05, 0) is 70.7 Å². The Kier molecular flexibility index (Phi) is 6.16. The van der Waals surface area contributed by atoms with Gasteiger partial charge in [0.05, 0.1) is 23.8 Å². The van der Waals surface area contributed by atoms with Gasteiger partial charge < -0.3 is 19.7 Å². The number of carbonyl (C=O) groups is 1. The Bertz CT molecular complexity index is 767. The number of hydrogen-bond acceptors (Lipinski definition) is 6. The zero-order valence-electron chi connectivity index (χ0n) is 16.2. The van der Waals surface area contributed by atoms with E-state index in [0.29, 0.717) is 18.7 Å². The number of aromatic nitrogens is 1. The summed E-state index contributed by atoms with van der Waals surface area (Å²) in [5.41, 5.74) is 8.45. The molecule has 2 atom stereocenters. The fourth-order valence-electron chi connectivity index (χ4n) is 3.53. The van der Waals surface area contributed by atoms with Crippen LogP contribution in [0.15, 0.2) is 28.8 Å². The van der Waals surface area contributed by atoms with Crippen LogP contribution in [-0.4, -0.2) is 23.3 Å². The zero-order valence-corrected chi connectivity index (χ0v) is 16.2. The summed E-state index contributed by atoms with van der Waals surface area (Å²) in [5, 5.41) is 3.99. The van der Waals surface area contributed by atoms with E-state index in [2.05, 4.69) is 5.16 Å². The fraction of sp³-hybridized carbons (Fsp3) is 0.524. The third-order valence-corrected chi connectivity index (χ3v) is 4.92. The van der Waals surface area contributed by atoms with Crippen LogP contribution in [0.25, 0.3) is 11.3 Å². The first-order chi connectivity index (χ1) is 13.0. The number of nitrogens with two attached hydrogens (primary N) is 1. The van der Waals surface area contributed by atoms with Crippen LogP contribution in [0, 0.1) is 12.8 Å². The molecule has 2 aromatic rings. The van der Waals surface area contributed by atoms with Crippen LogP contribution in [0.2, 0.25) is 0 Å².